The van der Waals surface area contributed by atoms with Crippen LogP contribution < -0.4 is 0 Å². The Morgan fingerprint density at radius 2 is 1.94 bits per heavy atom. The number of nitrogens with zero attached hydrogens (tertiary/aromatic N) is 1. The number of benzene rings is 1. The lowest BCUT2D eigenvalue weighted by Crippen LogP contribution is -2.31. The van der Waals surface area contributed by atoms with E-state index < -0.39 is 9.84 Å². The molecule has 1 N–H and O–H groups in total. The summed E-state index contributed by atoms with van der Waals surface area (Å²) in [5, 5.41) is 8.75. The molecule has 0 heterocycles. The van der Waals surface area contributed by atoms with Crippen LogP contribution in [0.5, 0.6) is 0 Å². The number of carbonyl (C=O) groups excluding carboxylic acids is 1. The Balaban J connectivity index is 2.95. The summed E-state index contributed by atoms with van der Waals surface area (Å²) in [5.41, 5.74) is 0.481. The van der Waals surface area contributed by atoms with Gasteiger partial charge in [0.15, 0.2) is 9.84 Å². The van der Waals surface area contributed by atoms with Crippen molar-refractivity contribution in [3.05, 3.63) is 29.8 Å². The van der Waals surface area contributed by atoms with Gasteiger partial charge >= 0.3 is 0 Å². The lowest BCUT2D eigenvalue weighted by Gasteiger charge is -2.16. The summed E-state index contributed by atoms with van der Waals surface area (Å²) in [6.45, 7) is 0.121. The van der Waals surface area contributed by atoms with Gasteiger partial charge < -0.3 is 10.0 Å². The minimum absolute atomic E-state index is 0.0136. The number of hydrogen-bond acceptors (Lipinski definition) is 4. The molecule has 18 heavy (non-hydrogen) atoms. The molecule has 0 atom stereocenters. The normalized spacial score (nSPS) is 11.3. The van der Waals surface area contributed by atoms with Gasteiger partial charge in [0.25, 0.3) is 0 Å². The number of sulfone groups is 1. The Kier molecular flexibility index (Phi) is 4.86. The Labute approximate surface area is 107 Å². The lowest BCUT2D eigenvalue weighted by molar-refractivity contribution is -0.129. The fraction of sp³-hybridized carbons (Fsp3) is 0.417. The third kappa shape index (κ3) is 3.82. The molecule has 0 spiro atoms. The van der Waals surface area contributed by atoms with E-state index in [0.717, 1.165) is 6.26 Å². The standard InChI is InChI=1S/C12H17NO4S/c1-13(7-8-14)12(15)9-10-5-3-4-6-11(10)18(2,16)17/h3-6,14H,7-9H2,1-2H3. The van der Waals surface area contributed by atoms with Gasteiger partial charge in [-0.2, -0.15) is 0 Å². The van der Waals surface area contributed by atoms with E-state index in [2.05, 4.69) is 0 Å². The van der Waals surface area contributed by atoms with E-state index in [0.29, 0.717) is 5.56 Å². The van der Waals surface area contributed by atoms with Crippen molar-refractivity contribution < 1.29 is 18.3 Å². The van der Waals surface area contributed by atoms with E-state index in [1.165, 1.54) is 11.0 Å². The number of likely N-dealkylation sites (N-methyl/N-ethyl adjacent to an activating group) is 1. The van der Waals surface area contributed by atoms with Gasteiger partial charge in [-0.3, -0.25) is 4.79 Å². The largest absolute Gasteiger partial charge is 0.395 e. The molecule has 0 saturated carbocycles. The lowest BCUT2D eigenvalue weighted by atomic mass is 10.1. The first kappa shape index (κ1) is 14.7. The quantitative estimate of drug-likeness (QED) is 0.823. The van der Waals surface area contributed by atoms with Gasteiger partial charge in [0, 0.05) is 19.8 Å². The second-order valence-corrected chi connectivity index (χ2v) is 6.08. The van der Waals surface area contributed by atoms with E-state index in [1.807, 2.05) is 0 Å². The second-order valence-electron chi connectivity index (χ2n) is 4.10. The zero-order valence-electron chi connectivity index (χ0n) is 10.5. The monoisotopic (exact) mass is 271 g/mol. The molecule has 1 rings (SSSR count). The zero-order valence-corrected chi connectivity index (χ0v) is 11.3. The highest BCUT2D eigenvalue weighted by Crippen LogP contribution is 2.16. The van der Waals surface area contributed by atoms with Crippen LogP contribution in [0.15, 0.2) is 29.2 Å². The molecular formula is C12H17NO4S. The highest BCUT2D eigenvalue weighted by molar-refractivity contribution is 7.90. The molecule has 0 aliphatic carbocycles. The molecule has 1 amide bonds. The summed E-state index contributed by atoms with van der Waals surface area (Å²) in [4.78, 5) is 13.4. The van der Waals surface area contributed by atoms with E-state index in [-0.39, 0.29) is 30.4 Å². The number of carbonyl (C=O) groups is 1. The molecular weight excluding hydrogens is 254 g/mol. The van der Waals surface area contributed by atoms with Gasteiger partial charge in [0.2, 0.25) is 5.91 Å². The molecule has 0 unspecified atom stereocenters. The Bertz CT molecular complexity index is 525. The summed E-state index contributed by atoms with van der Waals surface area (Å²) < 4.78 is 23.1. The molecule has 100 valence electrons. The maximum absolute atomic E-state index is 11.8. The van der Waals surface area contributed by atoms with E-state index in [1.54, 1.807) is 25.2 Å². The summed E-state index contributed by atoms with van der Waals surface area (Å²) >= 11 is 0. The van der Waals surface area contributed by atoms with Crippen LogP contribution in [-0.4, -0.2) is 50.8 Å². The number of amides is 1. The van der Waals surface area contributed by atoms with Gasteiger partial charge in [0.05, 0.1) is 17.9 Å². The predicted molar refractivity (Wildman–Crippen MR) is 68.0 cm³/mol. The molecule has 0 aromatic heterocycles. The van der Waals surface area contributed by atoms with Crippen molar-refractivity contribution in [3.8, 4) is 0 Å². The molecule has 0 aliphatic rings. The molecule has 0 radical (unpaired) electrons. The number of aliphatic hydroxyl groups excluding tert-OH is 1. The number of hydrogen-bond donors (Lipinski definition) is 1. The molecule has 1 aromatic rings. The SMILES string of the molecule is CN(CCO)C(=O)Cc1ccccc1S(C)(=O)=O. The Hall–Kier alpha value is -1.40. The number of aliphatic hydroxyl groups is 1. The average Bonchev–Trinajstić information content (AvgIpc) is 2.28. The first-order valence-electron chi connectivity index (χ1n) is 5.49. The van der Waals surface area contributed by atoms with E-state index >= 15 is 0 Å². The summed E-state index contributed by atoms with van der Waals surface area (Å²) in [5.74, 6) is -0.222. The molecule has 0 fully saturated rings. The minimum Gasteiger partial charge on any atom is -0.395 e. The van der Waals surface area contributed by atoms with Crippen molar-refractivity contribution in [1.29, 1.82) is 0 Å². The molecule has 5 nitrogen and oxygen atoms in total. The second kappa shape index (κ2) is 5.97. The van der Waals surface area contributed by atoms with Gasteiger partial charge in [-0.15, -0.1) is 0 Å². The van der Waals surface area contributed by atoms with Crippen molar-refractivity contribution in [3.63, 3.8) is 0 Å². The molecule has 1 aromatic carbocycles. The highest BCUT2D eigenvalue weighted by Gasteiger charge is 2.16. The fourth-order valence-electron chi connectivity index (χ4n) is 1.58. The maximum atomic E-state index is 11.8. The van der Waals surface area contributed by atoms with Crippen LogP contribution in [0.3, 0.4) is 0 Å². The van der Waals surface area contributed by atoms with Crippen molar-refractivity contribution in [1.82, 2.24) is 4.90 Å². The van der Waals surface area contributed by atoms with Crippen LogP contribution in [0, 0.1) is 0 Å². The third-order valence-corrected chi connectivity index (χ3v) is 3.77. The topological polar surface area (TPSA) is 74.7 Å². The minimum atomic E-state index is -3.34. The molecule has 6 heteroatoms. The van der Waals surface area contributed by atoms with Crippen LogP contribution in [0.2, 0.25) is 0 Å². The van der Waals surface area contributed by atoms with Crippen molar-refractivity contribution >= 4 is 15.7 Å². The number of rotatable bonds is 5. The van der Waals surface area contributed by atoms with Crippen LogP contribution in [0.4, 0.5) is 0 Å². The van der Waals surface area contributed by atoms with Gasteiger partial charge in [-0.1, -0.05) is 18.2 Å². The Morgan fingerprint density at radius 3 is 2.50 bits per heavy atom. The summed E-state index contributed by atoms with van der Waals surface area (Å²) in [7, 11) is -1.77. The maximum Gasteiger partial charge on any atom is 0.226 e. The van der Waals surface area contributed by atoms with Crippen LogP contribution in [0.25, 0.3) is 0 Å². The van der Waals surface area contributed by atoms with Gasteiger partial charge in [-0.25, -0.2) is 8.42 Å². The summed E-state index contributed by atoms with van der Waals surface area (Å²) in [6.07, 6.45) is 1.13. The van der Waals surface area contributed by atoms with Crippen LogP contribution >= 0.6 is 0 Å². The fourth-order valence-corrected chi connectivity index (χ4v) is 2.53. The Morgan fingerprint density at radius 1 is 1.33 bits per heavy atom. The zero-order chi connectivity index (χ0) is 13.8. The van der Waals surface area contributed by atoms with E-state index in [9.17, 15) is 13.2 Å². The third-order valence-electron chi connectivity index (χ3n) is 2.57. The van der Waals surface area contributed by atoms with Crippen LogP contribution in [-0.2, 0) is 21.1 Å². The van der Waals surface area contributed by atoms with E-state index in [4.69, 9.17) is 5.11 Å². The first-order chi connectivity index (χ1) is 8.36. The first-order valence-corrected chi connectivity index (χ1v) is 7.38. The smallest absolute Gasteiger partial charge is 0.226 e. The van der Waals surface area contributed by atoms with Crippen molar-refractivity contribution in [2.75, 3.05) is 26.5 Å². The van der Waals surface area contributed by atoms with Crippen molar-refractivity contribution in [2.45, 2.75) is 11.3 Å². The molecule has 0 aliphatic heterocycles. The highest BCUT2D eigenvalue weighted by atomic mass is 32.2. The van der Waals surface area contributed by atoms with Crippen molar-refractivity contribution in [2.24, 2.45) is 0 Å². The average molecular weight is 271 g/mol. The summed E-state index contributed by atoms with van der Waals surface area (Å²) in [6, 6.07) is 6.44. The predicted octanol–water partition coefficient (Wildman–Crippen LogP) is 0.0833. The van der Waals surface area contributed by atoms with Gasteiger partial charge in [0.1, 0.15) is 0 Å². The van der Waals surface area contributed by atoms with Gasteiger partial charge in [-0.05, 0) is 11.6 Å². The van der Waals surface area contributed by atoms with Crippen LogP contribution in [0.1, 0.15) is 5.56 Å². The molecule has 0 bridgehead atoms. The molecule has 0 saturated heterocycles.